The lowest BCUT2D eigenvalue weighted by Gasteiger charge is -2.19. The quantitative estimate of drug-likeness (QED) is 0.158. The minimum absolute atomic E-state index is 0. The van der Waals surface area contributed by atoms with Gasteiger partial charge in [-0.2, -0.15) is 0 Å². The van der Waals surface area contributed by atoms with Gasteiger partial charge in [0.15, 0.2) is 0 Å². The molecule has 224 valence electrons. The molecular weight excluding hydrogens is 489 g/mol. The lowest BCUT2D eigenvalue weighted by Crippen LogP contribution is -2.15. The minimum Gasteiger partial charge on any atom is -0.493 e. The summed E-state index contributed by atoms with van der Waals surface area (Å²) in [6.45, 7) is 20.3. The Bertz CT molecular complexity index is 845. The summed E-state index contributed by atoms with van der Waals surface area (Å²) in [7, 11) is 1.06. The molecule has 2 aromatic carbocycles. The molecule has 0 aliphatic rings. The highest BCUT2D eigenvalue weighted by atomic mass is 31.1. The van der Waals surface area contributed by atoms with E-state index in [0.29, 0.717) is 0 Å². The highest BCUT2D eigenvalue weighted by Gasteiger charge is 2.12. The van der Waals surface area contributed by atoms with E-state index in [2.05, 4.69) is 76.9 Å². The van der Waals surface area contributed by atoms with Crippen LogP contribution in [-0.2, 0) is 13.0 Å². The maximum atomic E-state index is 6.32. The zero-order chi connectivity index (χ0) is 26.8. The van der Waals surface area contributed by atoms with Gasteiger partial charge < -0.3 is 21.0 Å². The molecule has 2 unspecified atom stereocenters. The van der Waals surface area contributed by atoms with Gasteiger partial charge in [0, 0.05) is 9.40 Å². The average Bonchev–Trinajstić information content (AvgIpc) is 2.86. The summed E-state index contributed by atoms with van der Waals surface area (Å²) in [5.41, 5.74) is 8.20. The molecule has 0 radical (unpaired) electrons. The van der Waals surface area contributed by atoms with Gasteiger partial charge in [0.1, 0.15) is 5.75 Å². The molecule has 0 heterocycles. The minimum atomic E-state index is 0. The molecule has 0 spiro atoms. The molecule has 0 saturated carbocycles. The van der Waals surface area contributed by atoms with Gasteiger partial charge in [-0.3, -0.25) is 0 Å². The van der Waals surface area contributed by atoms with E-state index in [-0.39, 0.29) is 13.8 Å². The smallest absolute Gasteiger partial charge is 0.125 e. The van der Waals surface area contributed by atoms with Crippen LogP contribution < -0.4 is 10.1 Å². The molecule has 2 atom stereocenters. The van der Waals surface area contributed by atoms with Crippen LogP contribution in [0.25, 0.3) is 0 Å². The van der Waals surface area contributed by atoms with Gasteiger partial charge in [0.2, 0.25) is 0 Å². The van der Waals surface area contributed by atoms with Crippen molar-refractivity contribution in [3.05, 3.63) is 63.7 Å². The number of hydrogen-bond donors (Lipinski definition) is 1. The van der Waals surface area contributed by atoms with Gasteiger partial charge in [-0.1, -0.05) is 76.8 Å². The van der Waals surface area contributed by atoms with Crippen molar-refractivity contribution in [2.75, 3.05) is 26.0 Å². The highest BCUT2D eigenvalue weighted by molar-refractivity contribution is 7.36. The second kappa shape index (κ2) is 23.4. The predicted octanol–water partition coefficient (Wildman–Crippen LogP) is 8.18. The Hall–Kier alpha value is -1.45. The highest BCUT2D eigenvalue weighted by Crippen LogP contribution is 2.26. The van der Waals surface area contributed by atoms with Gasteiger partial charge in [0.25, 0.3) is 0 Å². The van der Waals surface area contributed by atoms with Crippen LogP contribution in [0.15, 0.2) is 30.3 Å². The fourth-order valence-corrected chi connectivity index (χ4v) is 5.36. The maximum Gasteiger partial charge on any atom is 0.125 e. The van der Waals surface area contributed by atoms with E-state index in [1.165, 1.54) is 84.5 Å². The molecule has 38 heavy (non-hydrogen) atoms. The first-order valence-electron chi connectivity index (χ1n) is 14.6. The molecular formula is C33H64NO3P. The average molecular weight is 554 g/mol. The molecule has 0 aliphatic carbocycles. The molecule has 5 N–H and O–H groups in total. The Balaban J connectivity index is -0.00000105. The Kier molecular flexibility index (Phi) is 23.9. The molecule has 4 nitrogen and oxygen atoms in total. The number of benzene rings is 2. The van der Waals surface area contributed by atoms with Gasteiger partial charge in [-0.25, -0.2) is 0 Å². The van der Waals surface area contributed by atoms with Gasteiger partial charge in [-0.15, -0.1) is 8.58 Å². The molecule has 0 saturated heterocycles. The van der Waals surface area contributed by atoms with Crippen molar-refractivity contribution in [1.29, 1.82) is 0 Å². The monoisotopic (exact) mass is 553 g/mol. The number of ether oxygens (including phenoxy) is 1. The molecule has 0 aromatic heterocycles. The third-order valence-electron chi connectivity index (χ3n) is 6.94. The standard InChI is InChI=1S/C31H50NOP.C2H6.2H2O.2H2/c1-7-8-9-12-28(22-29-15-14-24(2)25(3)19-29)13-10-17-33-31-26(4)20-30(21-27(31)5)23-32-16-11-18-34-6;1-2;;;;/h14-15,19-21,28,32,34H,7-13,16-18,22-23H2,1-6H3;1-2H3;2*1H2;2*1H. The van der Waals surface area contributed by atoms with Gasteiger partial charge in [-0.05, 0) is 112 Å². The number of nitrogens with one attached hydrogen (secondary N) is 1. The zero-order valence-electron chi connectivity index (χ0n) is 25.9. The SMILES string of the molecule is CC.CCCCCC(CCCOc1c(C)cc(CNCCCPC)cc1C)Cc1ccc(C)c(C)c1.O.O.[HH].[HH]. The summed E-state index contributed by atoms with van der Waals surface area (Å²) >= 11 is 0. The van der Waals surface area contributed by atoms with Gasteiger partial charge >= 0.3 is 0 Å². The van der Waals surface area contributed by atoms with E-state index in [1.54, 1.807) is 0 Å². The molecule has 2 rings (SSSR count). The largest absolute Gasteiger partial charge is 0.493 e. The van der Waals surface area contributed by atoms with Crippen molar-refractivity contribution in [3.63, 3.8) is 0 Å². The van der Waals surface area contributed by atoms with Gasteiger partial charge in [0.05, 0.1) is 6.61 Å². The van der Waals surface area contributed by atoms with Crippen molar-refractivity contribution < 1.29 is 18.5 Å². The molecule has 0 aliphatic heterocycles. The first-order chi connectivity index (χ1) is 17.4. The summed E-state index contributed by atoms with van der Waals surface area (Å²) in [5, 5.41) is 3.59. The van der Waals surface area contributed by atoms with Crippen molar-refractivity contribution >= 4 is 8.58 Å². The topological polar surface area (TPSA) is 84.3 Å². The van der Waals surface area contributed by atoms with Crippen molar-refractivity contribution in [1.82, 2.24) is 5.32 Å². The van der Waals surface area contributed by atoms with E-state index in [1.807, 2.05) is 13.8 Å². The van der Waals surface area contributed by atoms with Crippen LogP contribution in [0.1, 0.15) is 102 Å². The van der Waals surface area contributed by atoms with Crippen LogP contribution in [0.2, 0.25) is 0 Å². The fourth-order valence-electron chi connectivity index (χ4n) is 4.83. The summed E-state index contributed by atoms with van der Waals surface area (Å²) < 4.78 is 6.32. The Morgan fingerprint density at radius 2 is 1.45 bits per heavy atom. The molecule has 0 amide bonds. The van der Waals surface area contributed by atoms with E-state index in [4.69, 9.17) is 4.74 Å². The Morgan fingerprint density at radius 3 is 2.05 bits per heavy atom. The zero-order valence-corrected chi connectivity index (χ0v) is 26.9. The first-order valence-corrected chi connectivity index (χ1v) is 16.3. The molecule has 2 aromatic rings. The van der Waals surface area contributed by atoms with Crippen LogP contribution in [0.4, 0.5) is 0 Å². The number of aryl methyl sites for hydroxylation is 4. The summed E-state index contributed by atoms with van der Waals surface area (Å²) in [6, 6.07) is 11.6. The Morgan fingerprint density at radius 1 is 0.816 bits per heavy atom. The second-order valence-corrected chi connectivity index (χ2v) is 11.4. The third-order valence-corrected chi connectivity index (χ3v) is 7.80. The molecule has 0 bridgehead atoms. The van der Waals surface area contributed by atoms with Crippen molar-refractivity contribution in [2.45, 2.75) is 106 Å². The van der Waals surface area contributed by atoms with E-state index in [9.17, 15) is 0 Å². The summed E-state index contributed by atoms with van der Waals surface area (Å²) in [5.74, 6) is 1.84. The predicted molar refractivity (Wildman–Crippen MR) is 176 cm³/mol. The number of rotatable bonds is 17. The first kappa shape index (κ1) is 38.7. The Labute approximate surface area is 240 Å². The normalized spacial score (nSPS) is 11.4. The van der Waals surface area contributed by atoms with Crippen LogP contribution >= 0.6 is 8.58 Å². The van der Waals surface area contributed by atoms with Crippen molar-refractivity contribution in [3.8, 4) is 5.75 Å². The summed E-state index contributed by atoms with van der Waals surface area (Å²) in [6.07, 6.45) is 11.5. The van der Waals surface area contributed by atoms with Crippen LogP contribution in [0.3, 0.4) is 0 Å². The lowest BCUT2D eigenvalue weighted by molar-refractivity contribution is 0.283. The maximum absolute atomic E-state index is 6.32. The van der Waals surface area contributed by atoms with E-state index >= 15 is 0 Å². The van der Waals surface area contributed by atoms with E-state index in [0.717, 1.165) is 46.4 Å². The molecule has 5 heteroatoms. The van der Waals surface area contributed by atoms with Crippen LogP contribution in [-0.4, -0.2) is 36.9 Å². The second-order valence-electron chi connectivity index (χ2n) is 10.2. The molecule has 0 fully saturated rings. The van der Waals surface area contributed by atoms with E-state index < -0.39 is 0 Å². The number of hydrogen-bond acceptors (Lipinski definition) is 2. The summed E-state index contributed by atoms with van der Waals surface area (Å²) in [4.78, 5) is 0. The lowest BCUT2D eigenvalue weighted by atomic mass is 9.89. The van der Waals surface area contributed by atoms with Crippen molar-refractivity contribution in [2.24, 2.45) is 5.92 Å². The number of unbranched alkanes of at least 4 members (excludes halogenated alkanes) is 2. The van der Waals surface area contributed by atoms with Crippen LogP contribution in [0, 0.1) is 33.6 Å². The van der Waals surface area contributed by atoms with Crippen LogP contribution in [0.5, 0.6) is 5.75 Å². The fraction of sp³-hybridized carbons (Fsp3) is 0.636. The third kappa shape index (κ3) is 15.2.